The van der Waals surface area contributed by atoms with Gasteiger partial charge in [-0.25, -0.2) is 22.9 Å². The van der Waals surface area contributed by atoms with Crippen molar-refractivity contribution in [2.75, 3.05) is 12.4 Å². The fraction of sp³-hybridized carbons (Fsp3) is 0.778. The standard InChI is InChI=1S/C18H30N4O3S2/c1-18(11-7-4-8-12-18)22(14-9-5-3-6-10-14)17(23)21-16-20-13-15(26-16)27(24,25)19-2/h13-14,19H,3-12H2,1-2H3,(H,20,21,23). The summed E-state index contributed by atoms with van der Waals surface area (Å²) >= 11 is 0.982. The quantitative estimate of drug-likeness (QED) is 0.763. The number of amides is 2. The van der Waals surface area contributed by atoms with E-state index < -0.39 is 10.0 Å². The van der Waals surface area contributed by atoms with E-state index in [4.69, 9.17) is 0 Å². The van der Waals surface area contributed by atoms with Crippen molar-refractivity contribution < 1.29 is 13.2 Å². The number of sulfonamides is 1. The lowest BCUT2D eigenvalue weighted by molar-refractivity contribution is 0.0513. The van der Waals surface area contributed by atoms with Gasteiger partial charge >= 0.3 is 6.03 Å². The van der Waals surface area contributed by atoms with Gasteiger partial charge in [-0.3, -0.25) is 5.32 Å². The van der Waals surface area contributed by atoms with Crippen LogP contribution in [0, 0.1) is 0 Å². The number of nitrogens with one attached hydrogen (secondary N) is 2. The number of anilines is 1. The summed E-state index contributed by atoms with van der Waals surface area (Å²) in [4.78, 5) is 19.4. The van der Waals surface area contributed by atoms with Crippen LogP contribution >= 0.6 is 11.3 Å². The summed E-state index contributed by atoms with van der Waals surface area (Å²) < 4.78 is 26.2. The Balaban J connectivity index is 1.80. The molecule has 0 bridgehead atoms. The highest BCUT2D eigenvalue weighted by molar-refractivity contribution is 7.91. The zero-order valence-electron chi connectivity index (χ0n) is 16.2. The number of carbonyl (C=O) groups excluding carboxylic acids is 1. The third-order valence-corrected chi connectivity index (χ3v) is 8.69. The number of hydrogen-bond donors (Lipinski definition) is 2. The van der Waals surface area contributed by atoms with Crippen LogP contribution in [-0.2, 0) is 10.0 Å². The lowest BCUT2D eigenvalue weighted by Gasteiger charge is -2.48. The van der Waals surface area contributed by atoms with Crippen LogP contribution in [0.5, 0.6) is 0 Å². The van der Waals surface area contributed by atoms with E-state index in [1.807, 2.05) is 0 Å². The van der Waals surface area contributed by atoms with Gasteiger partial charge in [0.15, 0.2) is 9.34 Å². The molecule has 1 aromatic heterocycles. The van der Waals surface area contributed by atoms with Crippen LogP contribution in [0.4, 0.5) is 9.93 Å². The largest absolute Gasteiger partial charge is 0.324 e. The van der Waals surface area contributed by atoms with E-state index >= 15 is 0 Å². The summed E-state index contributed by atoms with van der Waals surface area (Å²) in [6.07, 6.45) is 12.5. The van der Waals surface area contributed by atoms with Crippen LogP contribution in [0.25, 0.3) is 0 Å². The first kappa shape index (κ1) is 20.5. The Morgan fingerprint density at radius 1 is 1.19 bits per heavy atom. The maximum Gasteiger partial charge on any atom is 0.324 e. The van der Waals surface area contributed by atoms with Crippen LogP contribution in [0.15, 0.2) is 10.4 Å². The second-order valence-corrected chi connectivity index (χ2v) is 11.0. The molecule has 2 aliphatic carbocycles. The van der Waals surface area contributed by atoms with Crippen molar-refractivity contribution in [1.29, 1.82) is 0 Å². The molecule has 0 radical (unpaired) electrons. The summed E-state index contributed by atoms with van der Waals surface area (Å²) in [6, 6.07) is 0.108. The topological polar surface area (TPSA) is 91.4 Å². The number of thiazole rings is 1. The van der Waals surface area contributed by atoms with Crippen LogP contribution in [0.1, 0.15) is 71.1 Å². The molecule has 2 amide bonds. The molecule has 2 N–H and O–H groups in total. The van der Waals surface area contributed by atoms with E-state index in [0.717, 1.165) is 62.7 Å². The smallest absolute Gasteiger partial charge is 0.316 e. The molecule has 27 heavy (non-hydrogen) atoms. The lowest BCUT2D eigenvalue weighted by Crippen LogP contribution is -2.57. The predicted octanol–water partition coefficient (Wildman–Crippen LogP) is 3.94. The van der Waals surface area contributed by atoms with Crippen molar-refractivity contribution in [2.24, 2.45) is 0 Å². The highest BCUT2D eigenvalue weighted by atomic mass is 32.2. The Kier molecular flexibility index (Phi) is 6.43. The van der Waals surface area contributed by atoms with Crippen molar-refractivity contribution >= 4 is 32.5 Å². The molecule has 1 aromatic rings. The first-order valence-corrected chi connectivity index (χ1v) is 12.2. The lowest BCUT2D eigenvalue weighted by atomic mass is 9.79. The molecule has 2 aliphatic rings. The van der Waals surface area contributed by atoms with Crippen molar-refractivity contribution in [1.82, 2.24) is 14.6 Å². The van der Waals surface area contributed by atoms with E-state index in [-0.39, 0.29) is 21.8 Å². The van der Waals surface area contributed by atoms with Gasteiger partial charge in [-0.2, -0.15) is 0 Å². The van der Waals surface area contributed by atoms with Gasteiger partial charge in [-0.15, -0.1) is 0 Å². The van der Waals surface area contributed by atoms with E-state index in [1.54, 1.807) is 0 Å². The van der Waals surface area contributed by atoms with Gasteiger partial charge in [0.1, 0.15) is 0 Å². The van der Waals surface area contributed by atoms with Crippen molar-refractivity contribution in [2.45, 2.75) is 86.9 Å². The highest BCUT2D eigenvalue weighted by Crippen LogP contribution is 2.38. The van der Waals surface area contributed by atoms with E-state index in [1.165, 1.54) is 26.1 Å². The minimum absolute atomic E-state index is 0.105. The van der Waals surface area contributed by atoms with Crippen molar-refractivity contribution in [3.8, 4) is 0 Å². The Morgan fingerprint density at radius 2 is 1.81 bits per heavy atom. The van der Waals surface area contributed by atoms with Gasteiger partial charge in [-0.1, -0.05) is 49.9 Å². The maximum absolute atomic E-state index is 13.3. The summed E-state index contributed by atoms with van der Waals surface area (Å²) in [6.45, 7) is 2.21. The Morgan fingerprint density at radius 3 is 2.44 bits per heavy atom. The average molecular weight is 415 g/mol. The van der Waals surface area contributed by atoms with Gasteiger partial charge in [0, 0.05) is 11.6 Å². The second kappa shape index (κ2) is 8.45. The first-order chi connectivity index (χ1) is 12.9. The Hall–Kier alpha value is -1.19. The minimum atomic E-state index is -3.55. The van der Waals surface area contributed by atoms with Crippen molar-refractivity contribution in [3.63, 3.8) is 0 Å². The van der Waals surface area contributed by atoms with E-state index in [9.17, 15) is 13.2 Å². The monoisotopic (exact) mass is 414 g/mol. The third kappa shape index (κ3) is 4.63. The summed E-state index contributed by atoms with van der Waals surface area (Å²) in [5.74, 6) is 0. The zero-order chi connectivity index (χ0) is 19.5. The number of urea groups is 1. The van der Waals surface area contributed by atoms with Crippen LogP contribution in [0.2, 0.25) is 0 Å². The predicted molar refractivity (Wildman–Crippen MR) is 108 cm³/mol. The fourth-order valence-corrected chi connectivity index (χ4v) is 6.30. The summed E-state index contributed by atoms with van der Waals surface area (Å²) in [5.41, 5.74) is -0.137. The molecule has 0 spiro atoms. The van der Waals surface area contributed by atoms with E-state index in [0.29, 0.717) is 5.13 Å². The van der Waals surface area contributed by atoms with Gasteiger partial charge in [-0.05, 0) is 39.7 Å². The number of carbonyl (C=O) groups is 1. The molecule has 1 heterocycles. The second-order valence-electron chi connectivity index (χ2n) is 7.84. The zero-order valence-corrected chi connectivity index (χ0v) is 17.8. The van der Waals surface area contributed by atoms with Crippen LogP contribution in [0.3, 0.4) is 0 Å². The number of hydrogen-bond acceptors (Lipinski definition) is 5. The Bertz CT molecular complexity index is 750. The molecule has 3 rings (SSSR count). The van der Waals surface area contributed by atoms with Crippen LogP contribution < -0.4 is 10.0 Å². The molecule has 0 unspecified atom stereocenters. The minimum Gasteiger partial charge on any atom is -0.316 e. The molecule has 0 saturated heterocycles. The number of rotatable bonds is 5. The third-order valence-electron chi connectivity index (χ3n) is 5.90. The average Bonchev–Trinajstić information content (AvgIpc) is 3.12. The van der Waals surface area contributed by atoms with E-state index in [2.05, 4.69) is 26.8 Å². The molecule has 2 fully saturated rings. The molecule has 7 nitrogen and oxygen atoms in total. The summed E-state index contributed by atoms with van der Waals surface area (Å²) in [7, 11) is -2.18. The first-order valence-electron chi connectivity index (χ1n) is 9.85. The fourth-order valence-electron chi connectivity index (χ4n) is 4.44. The van der Waals surface area contributed by atoms with Crippen molar-refractivity contribution in [3.05, 3.63) is 6.20 Å². The molecule has 9 heteroatoms. The van der Waals surface area contributed by atoms with Gasteiger partial charge in [0.2, 0.25) is 0 Å². The molecular formula is C18H30N4O3S2. The SMILES string of the molecule is CNS(=O)(=O)c1cnc(NC(=O)N(C2CCCCC2)C2(C)CCCCC2)s1. The molecule has 0 atom stereocenters. The molecule has 152 valence electrons. The highest BCUT2D eigenvalue weighted by Gasteiger charge is 2.41. The molecule has 0 aromatic carbocycles. The molecule has 0 aliphatic heterocycles. The Labute approximate surface area is 166 Å². The summed E-state index contributed by atoms with van der Waals surface area (Å²) in [5, 5.41) is 3.21. The molecular weight excluding hydrogens is 384 g/mol. The maximum atomic E-state index is 13.3. The van der Waals surface area contributed by atoms with Gasteiger partial charge in [0.25, 0.3) is 10.0 Å². The number of aromatic nitrogens is 1. The van der Waals surface area contributed by atoms with Gasteiger partial charge in [0.05, 0.1) is 6.20 Å². The molecule has 2 saturated carbocycles. The van der Waals surface area contributed by atoms with Crippen LogP contribution in [-0.4, -0.2) is 43.0 Å². The van der Waals surface area contributed by atoms with Gasteiger partial charge < -0.3 is 4.90 Å². The number of nitrogens with zero attached hydrogens (tertiary/aromatic N) is 2. The normalized spacial score (nSPS) is 21.0.